The summed E-state index contributed by atoms with van der Waals surface area (Å²) < 4.78 is 27.2. The van der Waals surface area contributed by atoms with Crippen LogP contribution in [0.15, 0.2) is 94.9 Å². The molecule has 0 saturated heterocycles. The van der Waals surface area contributed by atoms with Crippen LogP contribution in [0, 0.1) is 0 Å². The molecule has 0 aliphatic heterocycles. The molecule has 4 N–H and O–H groups in total. The number of hydrogen-bond donors (Lipinski definition) is 3. The number of aromatic hydroxyl groups is 1. The number of halogens is 3. The number of aliphatic imine (C=N–C) groups is 1. The smallest absolute Gasteiger partial charge is 0.264 e. The fourth-order valence-corrected chi connectivity index (χ4v) is 4.58. The lowest BCUT2D eigenvalue weighted by Gasteiger charge is -2.12. The van der Waals surface area contributed by atoms with E-state index in [1.165, 1.54) is 18.2 Å². The molecule has 0 aliphatic rings. The lowest BCUT2D eigenvalue weighted by molar-refractivity contribution is 0.473. The summed E-state index contributed by atoms with van der Waals surface area (Å²) >= 11 is 12.1. The van der Waals surface area contributed by atoms with Crippen molar-refractivity contribution in [2.75, 3.05) is 0 Å². The quantitative estimate of drug-likeness (QED) is 0.207. The van der Waals surface area contributed by atoms with Crippen LogP contribution in [-0.4, -0.2) is 24.5 Å². The molecule has 186 valence electrons. The minimum atomic E-state index is -3.99. The largest absolute Gasteiger partial charge is 0.508 e. The van der Waals surface area contributed by atoms with E-state index >= 15 is 0 Å². The summed E-state index contributed by atoms with van der Waals surface area (Å²) in [5.74, 6) is -0.465. The van der Waals surface area contributed by atoms with Gasteiger partial charge in [-0.1, -0.05) is 53.5 Å². The zero-order valence-electron chi connectivity index (χ0n) is 18.6. The number of nitrogens with zero attached hydrogens (tertiary/aromatic N) is 2. The number of rotatable bonds is 6. The summed E-state index contributed by atoms with van der Waals surface area (Å²) in [6.45, 7) is 0.0862. The van der Waals surface area contributed by atoms with E-state index in [0.717, 1.165) is 28.5 Å². The summed E-state index contributed by atoms with van der Waals surface area (Å²) in [6, 6.07) is 21.9. The van der Waals surface area contributed by atoms with Crippen LogP contribution in [0.5, 0.6) is 5.75 Å². The van der Waals surface area contributed by atoms with Gasteiger partial charge in [-0.15, -0.1) is 12.4 Å². The highest BCUT2D eigenvalue weighted by Gasteiger charge is 2.16. The molecule has 0 amide bonds. The number of benzene rings is 3. The maximum Gasteiger partial charge on any atom is 0.264 e. The zero-order chi connectivity index (χ0) is 25.0. The fourth-order valence-electron chi connectivity index (χ4n) is 3.34. The first-order valence-corrected chi connectivity index (χ1v) is 12.6. The summed E-state index contributed by atoms with van der Waals surface area (Å²) in [5.41, 5.74) is 9.92. The van der Waals surface area contributed by atoms with Crippen molar-refractivity contribution >= 4 is 51.6 Å². The lowest BCUT2D eigenvalue weighted by Crippen LogP contribution is -2.36. The minimum Gasteiger partial charge on any atom is -0.508 e. The van der Waals surface area contributed by atoms with Crippen LogP contribution in [0.2, 0.25) is 10.0 Å². The van der Waals surface area contributed by atoms with Crippen molar-refractivity contribution in [3.05, 3.63) is 101 Å². The topological polar surface area (TPSA) is 118 Å². The van der Waals surface area contributed by atoms with E-state index in [-0.39, 0.29) is 35.6 Å². The van der Waals surface area contributed by atoms with Gasteiger partial charge in [0.2, 0.25) is 5.96 Å². The number of phenolic OH excluding ortho intramolecular Hbond substituents is 1. The van der Waals surface area contributed by atoms with E-state index in [1.807, 2.05) is 30.3 Å². The Morgan fingerprint density at radius 3 is 2.17 bits per heavy atom. The lowest BCUT2D eigenvalue weighted by atomic mass is 9.98. The van der Waals surface area contributed by atoms with Gasteiger partial charge in [-0.2, -0.15) is 0 Å². The average Bonchev–Trinajstić information content (AvgIpc) is 2.83. The molecule has 0 saturated carbocycles. The molecular weight excluding hydrogens is 543 g/mol. The highest BCUT2D eigenvalue weighted by atomic mass is 35.5. The maximum atomic E-state index is 12.5. The molecule has 4 aromatic rings. The minimum absolute atomic E-state index is 0. The molecule has 7 nitrogen and oxygen atoms in total. The molecule has 0 unspecified atom stereocenters. The molecule has 1 aromatic heterocycles. The Kier molecular flexibility index (Phi) is 8.81. The molecule has 36 heavy (non-hydrogen) atoms. The van der Waals surface area contributed by atoms with E-state index in [1.54, 1.807) is 30.5 Å². The Morgan fingerprint density at radius 1 is 0.944 bits per heavy atom. The maximum absolute atomic E-state index is 12.5. The van der Waals surface area contributed by atoms with Crippen molar-refractivity contribution in [2.45, 2.75) is 11.4 Å². The number of hydrogen-bond acceptors (Lipinski definition) is 5. The number of phenols is 1. The van der Waals surface area contributed by atoms with Gasteiger partial charge in [-0.05, 0) is 53.6 Å². The van der Waals surface area contributed by atoms with Gasteiger partial charge in [0.15, 0.2) is 0 Å². The van der Waals surface area contributed by atoms with Crippen molar-refractivity contribution in [1.29, 1.82) is 0 Å². The zero-order valence-corrected chi connectivity index (χ0v) is 21.7. The first kappa shape index (κ1) is 27.3. The molecule has 0 atom stereocenters. The van der Waals surface area contributed by atoms with E-state index < -0.39 is 10.0 Å². The monoisotopic (exact) mass is 562 g/mol. The molecule has 0 bridgehead atoms. The number of guanidine groups is 1. The van der Waals surface area contributed by atoms with E-state index in [2.05, 4.69) is 14.7 Å². The summed E-state index contributed by atoms with van der Waals surface area (Å²) in [6.07, 6.45) is 1.66. The van der Waals surface area contributed by atoms with Crippen LogP contribution in [0.25, 0.3) is 22.4 Å². The normalized spacial score (nSPS) is 11.6. The van der Waals surface area contributed by atoms with Gasteiger partial charge in [0.05, 0.1) is 17.1 Å². The van der Waals surface area contributed by atoms with E-state index in [4.69, 9.17) is 28.9 Å². The van der Waals surface area contributed by atoms with Gasteiger partial charge in [0.25, 0.3) is 10.0 Å². The van der Waals surface area contributed by atoms with Crippen LogP contribution in [0.1, 0.15) is 5.56 Å². The van der Waals surface area contributed by atoms with Crippen molar-refractivity contribution < 1.29 is 13.5 Å². The first-order chi connectivity index (χ1) is 16.7. The van der Waals surface area contributed by atoms with Gasteiger partial charge in [0, 0.05) is 33.4 Å². The van der Waals surface area contributed by atoms with Crippen LogP contribution >= 0.6 is 35.6 Å². The second kappa shape index (κ2) is 11.6. The number of aromatic nitrogens is 1. The molecule has 0 fully saturated rings. The molecule has 4 rings (SSSR count). The van der Waals surface area contributed by atoms with E-state index in [0.29, 0.717) is 15.6 Å². The highest BCUT2D eigenvalue weighted by Crippen LogP contribution is 2.32. The molecule has 0 radical (unpaired) electrons. The van der Waals surface area contributed by atoms with Crippen molar-refractivity contribution in [3.8, 4) is 28.1 Å². The standard InChI is InChI=1S/C25H20Cl2N4O3S.ClH/c26-19-8-4-17(5-9-19)23-12-16(14-29-24(23)18-6-10-20(27)11-7-18)15-30-25(28)31-35(33,34)22-3-1-2-21(32)13-22;/h1-14,32H,15H2,(H3,28,30,31);1H. The van der Waals surface area contributed by atoms with Gasteiger partial charge in [0.1, 0.15) is 5.75 Å². The van der Waals surface area contributed by atoms with Crippen LogP contribution in [0.3, 0.4) is 0 Å². The molecule has 11 heteroatoms. The summed E-state index contributed by atoms with van der Waals surface area (Å²) in [7, 11) is -3.99. The molecule has 1 heterocycles. The SMILES string of the molecule is Cl.NC(=NCc1cnc(-c2ccc(Cl)cc2)c(-c2ccc(Cl)cc2)c1)NS(=O)(=O)c1cccc(O)c1. The molecular formula is C25H21Cl3N4O3S. The Morgan fingerprint density at radius 2 is 1.56 bits per heavy atom. The van der Waals surface area contributed by atoms with Gasteiger partial charge >= 0.3 is 0 Å². The van der Waals surface area contributed by atoms with Gasteiger partial charge in [-0.3, -0.25) is 4.98 Å². The number of sulfonamides is 1. The molecule has 0 aliphatic carbocycles. The van der Waals surface area contributed by atoms with Crippen LogP contribution < -0.4 is 10.5 Å². The third kappa shape index (κ3) is 6.67. The Labute approximate surface area is 225 Å². The van der Waals surface area contributed by atoms with Crippen LogP contribution in [0.4, 0.5) is 0 Å². The molecule has 3 aromatic carbocycles. The van der Waals surface area contributed by atoms with E-state index in [9.17, 15) is 13.5 Å². The Bertz CT molecular complexity index is 1490. The summed E-state index contributed by atoms with van der Waals surface area (Å²) in [4.78, 5) is 8.66. The predicted molar refractivity (Wildman–Crippen MR) is 146 cm³/mol. The Balaban J connectivity index is 0.00000361. The summed E-state index contributed by atoms with van der Waals surface area (Å²) in [5, 5.41) is 10.8. The second-order valence-corrected chi connectivity index (χ2v) is 10.1. The first-order valence-electron chi connectivity index (χ1n) is 10.3. The number of nitrogens with one attached hydrogen (secondary N) is 1. The van der Waals surface area contributed by atoms with Crippen LogP contribution in [-0.2, 0) is 16.6 Å². The van der Waals surface area contributed by atoms with Gasteiger partial charge in [-0.25, -0.2) is 18.1 Å². The fraction of sp³-hybridized carbons (Fsp3) is 0.0400. The second-order valence-electron chi connectivity index (χ2n) is 7.56. The molecule has 0 spiro atoms. The highest BCUT2D eigenvalue weighted by molar-refractivity contribution is 7.90. The van der Waals surface area contributed by atoms with Crippen molar-refractivity contribution in [1.82, 2.24) is 9.71 Å². The third-order valence-electron chi connectivity index (χ3n) is 5.02. The van der Waals surface area contributed by atoms with Crippen molar-refractivity contribution in [3.63, 3.8) is 0 Å². The van der Waals surface area contributed by atoms with Gasteiger partial charge < -0.3 is 10.8 Å². The number of nitrogens with two attached hydrogens (primary N) is 1. The average molecular weight is 564 g/mol. The Hall–Kier alpha value is -3.30. The number of pyridine rings is 1. The van der Waals surface area contributed by atoms with Crippen molar-refractivity contribution in [2.24, 2.45) is 10.7 Å². The third-order valence-corrected chi connectivity index (χ3v) is 6.87. The predicted octanol–water partition coefficient (Wildman–Crippen LogP) is 5.64.